The number of aromatic nitrogens is 2. The van der Waals surface area contributed by atoms with Gasteiger partial charge in [0, 0.05) is 57.0 Å². The van der Waals surface area contributed by atoms with E-state index in [2.05, 4.69) is 20.2 Å². The number of amides is 1. The van der Waals surface area contributed by atoms with Gasteiger partial charge in [0.2, 0.25) is 0 Å². The zero-order chi connectivity index (χ0) is 19.3. The smallest absolute Gasteiger partial charge is 0.307 e. The number of fused-ring (bicyclic) bond motifs is 1. The first-order valence-corrected chi connectivity index (χ1v) is 9.30. The number of rotatable bonds is 5. The van der Waals surface area contributed by atoms with Crippen LogP contribution in [0.15, 0.2) is 53.2 Å². The van der Waals surface area contributed by atoms with Gasteiger partial charge in [-0.15, -0.1) is 0 Å². The second kappa shape index (κ2) is 8.31. The van der Waals surface area contributed by atoms with Crippen LogP contribution in [-0.4, -0.2) is 33.9 Å². The fourth-order valence-electron chi connectivity index (χ4n) is 3.29. The SMILES string of the molecule is O=C(NCc1ccncc1)c1nc2c(o1)CCN(Cc1ccccc1F)CC2. The molecule has 7 heteroatoms. The summed E-state index contributed by atoms with van der Waals surface area (Å²) in [6.45, 7) is 2.42. The van der Waals surface area contributed by atoms with Crippen LogP contribution in [0.4, 0.5) is 4.39 Å². The molecule has 0 spiro atoms. The lowest BCUT2D eigenvalue weighted by Gasteiger charge is -2.19. The number of hydrogen-bond acceptors (Lipinski definition) is 5. The number of oxazole rings is 1. The Bertz CT molecular complexity index is 933. The van der Waals surface area contributed by atoms with Crippen molar-refractivity contribution in [2.75, 3.05) is 13.1 Å². The van der Waals surface area contributed by atoms with Gasteiger partial charge < -0.3 is 9.73 Å². The number of carbonyl (C=O) groups excluding carboxylic acids is 1. The molecule has 1 aliphatic heterocycles. The van der Waals surface area contributed by atoms with Crippen LogP contribution < -0.4 is 5.32 Å². The standard InChI is InChI=1S/C21H21FN4O2/c22-17-4-2-1-3-16(17)14-26-11-7-18-19(8-12-26)28-21(25-18)20(27)24-13-15-5-9-23-10-6-15/h1-6,9-10H,7-8,11-14H2,(H,24,27). The molecule has 6 nitrogen and oxygen atoms in total. The summed E-state index contributed by atoms with van der Waals surface area (Å²) < 4.78 is 19.6. The lowest BCUT2D eigenvalue weighted by atomic mass is 10.2. The van der Waals surface area contributed by atoms with Crippen LogP contribution in [0.2, 0.25) is 0 Å². The number of nitrogens with zero attached hydrogens (tertiary/aromatic N) is 3. The minimum Gasteiger partial charge on any atom is -0.437 e. The molecule has 1 aromatic carbocycles. The Morgan fingerprint density at radius 3 is 2.75 bits per heavy atom. The molecule has 0 bridgehead atoms. The summed E-state index contributed by atoms with van der Waals surface area (Å²) in [7, 11) is 0. The van der Waals surface area contributed by atoms with Crippen molar-refractivity contribution in [2.45, 2.75) is 25.9 Å². The maximum Gasteiger partial charge on any atom is 0.307 e. The van der Waals surface area contributed by atoms with Crippen LogP contribution in [0.25, 0.3) is 0 Å². The van der Waals surface area contributed by atoms with Crippen LogP contribution in [0.5, 0.6) is 0 Å². The number of hydrogen-bond donors (Lipinski definition) is 1. The van der Waals surface area contributed by atoms with E-state index in [1.54, 1.807) is 24.5 Å². The zero-order valence-corrected chi connectivity index (χ0v) is 15.4. The second-order valence-corrected chi connectivity index (χ2v) is 6.79. The molecule has 1 N–H and O–H groups in total. The summed E-state index contributed by atoms with van der Waals surface area (Å²) in [6, 6.07) is 10.5. The van der Waals surface area contributed by atoms with Gasteiger partial charge >= 0.3 is 5.91 Å². The normalized spacial score (nSPS) is 14.3. The largest absolute Gasteiger partial charge is 0.437 e. The van der Waals surface area contributed by atoms with E-state index in [-0.39, 0.29) is 17.6 Å². The first-order chi connectivity index (χ1) is 13.7. The Hall–Kier alpha value is -3.06. The average Bonchev–Trinajstić information content (AvgIpc) is 3.05. The van der Waals surface area contributed by atoms with Crippen molar-refractivity contribution in [1.29, 1.82) is 0 Å². The third kappa shape index (κ3) is 4.26. The van der Waals surface area contributed by atoms with Gasteiger partial charge in [-0.25, -0.2) is 9.37 Å². The summed E-state index contributed by atoms with van der Waals surface area (Å²) in [6.07, 6.45) is 4.68. The molecule has 1 aliphatic rings. The van der Waals surface area contributed by atoms with E-state index in [1.165, 1.54) is 6.07 Å². The molecule has 1 amide bonds. The molecule has 144 valence electrons. The van der Waals surface area contributed by atoms with E-state index in [4.69, 9.17) is 4.42 Å². The molecule has 0 saturated carbocycles. The molecule has 0 radical (unpaired) electrons. The third-order valence-electron chi connectivity index (χ3n) is 4.85. The lowest BCUT2D eigenvalue weighted by Crippen LogP contribution is -2.27. The van der Waals surface area contributed by atoms with E-state index < -0.39 is 0 Å². The van der Waals surface area contributed by atoms with Crippen molar-refractivity contribution in [3.63, 3.8) is 0 Å². The van der Waals surface area contributed by atoms with Gasteiger partial charge in [-0.05, 0) is 23.8 Å². The number of halogens is 1. The first kappa shape index (κ1) is 18.3. The maximum atomic E-state index is 13.9. The van der Waals surface area contributed by atoms with Gasteiger partial charge in [-0.3, -0.25) is 14.7 Å². The van der Waals surface area contributed by atoms with E-state index in [9.17, 15) is 9.18 Å². The minimum atomic E-state index is -0.326. The first-order valence-electron chi connectivity index (χ1n) is 9.30. The molecule has 0 atom stereocenters. The maximum absolute atomic E-state index is 13.9. The van der Waals surface area contributed by atoms with Crippen molar-refractivity contribution in [2.24, 2.45) is 0 Å². The Kier molecular flexibility index (Phi) is 5.43. The van der Waals surface area contributed by atoms with Crippen LogP contribution >= 0.6 is 0 Å². The van der Waals surface area contributed by atoms with Crippen molar-refractivity contribution < 1.29 is 13.6 Å². The quantitative estimate of drug-likeness (QED) is 0.737. The van der Waals surface area contributed by atoms with Gasteiger partial charge in [0.15, 0.2) is 0 Å². The summed E-state index contributed by atoms with van der Waals surface area (Å²) in [5, 5.41) is 2.81. The highest BCUT2D eigenvalue weighted by molar-refractivity contribution is 5.89. The number of benzene rings is 1. The predicted octanol–water partition coefficient (Wildman–Crippen LogP) is 2.74. The Labute approximate surface area is 162 Å². The van der Waals surface area contributed by atoms with Gasteiger partial charge in [0.25, 0.3) is 5.89 Å². The second-order valence-electron chi connectivity index (χ2n) is 6.79. The molecular formula is C21H21FN4O2. The zero-order valence-electron chi connectivity index (χ0n) is 15.4. The Balaban J connectivity index is 1.36. The monoisotopic (exact) mass is 380 g/mol. The van der Waals surface area contributed by atoms with Gasteiger partial charge in [-0.2, -0.15) is 0 Å². The van der Waals surface area contributed by atoms with Crippen LogP contribution in [0, 0.1) is 5.82 Å². The molecule has 3 heterocycles. The fourth-order valence-corrected chi connectivity index (χ4v) is 3.29. The van der Waals surface area contributed by atoms with Crippen LogP contribution in [0.1, 0.15) is 33.3 Å². The van der Waals surface area contributed by atoms with E-state index >= 15 is 0 Å². The van der Waals surface area contributed by atoms with Crippen molar-refractivity contribution in [3.8, 4) is 0 Å². The molecule has 4 rings (SSSR count). The molecular weight excluding hydrogens is 359 g/mol. The molecule has 0 aliphatic carbocycles. The Morgan fingerprint density at radius 2 is 1.93 bits per heavy atom. The lowest BCUT2D eigenvalue weighted by molar-refractivity contribution is 0.0914. The minimum absolute atomic E-state index is 0.0987. The highest BCUT2D eigenvalue weighted by Crippen LogP contribution is 2.19. The highest BCUT2D eigenvalue weighted by atomic mass is 19.1. The van der Waals surface area contributed by atoms with E-state index in [1.807, 2.05) is 18.2 Å². The van der Waals surface area contributed by atoms with Crippen LogP contribution in [0.3, 0.4) is 0 Å². The number of carbonyl (C=O) groups is 1. The summed E-state index contributed by atoms with van der Waals surface area (Å²) >= 11 is 0. The van der Waals surface area contributed by atoms with Gasteiger partial charge in [0.05, 0.1) is 5.69 Å². The topological polar surface area (TPSA) is 71.3 Å². The summed E-state index contributed by atoms with van der Waals surface area (Å²) in [4.78, 5) is 22.9. The molecule has 0 unspecified atom stereocenters. The Morgan fingerprint density at radius 1 is 1.14 bits per heavy atom. The number of nitrogens with one attached hydrogen (secondary N) is 1. The van der Waals surface area contributed by atoms with E-state index in [0.29, 0.717) is 31.5 Å². The molecule has 3 aromatic rings. The highest BCUT2D eigenvalue weighted by Gasteiger charge is 2.23. The van der Waals surface area contributed by atoms with E-state index in [0.717, 1.165) is 30.1 Å². The average molecular weight is 380 g/mol. The molecule has 28 heavy (non-hydrogen) atoms. The van der Waals surface area contributed by atoms with Crippen molar-refractivity contribution in [1.82, 2.24) is 20.2 Å². The molecule has 0 saturated heterocycles. The fraction of sp³-hybridized carbons (Fsp3) is 0.286. The van der Waals surface area contributed by atoms with Gasteiger partial charge in [-0.1, -0.05) is 18.2 Å². The van der Waals surface area contributed by atoms with Crippen molar-refractivity contribution in [3.05, 3.63) is 83.1 Å². The van der Waals surface area contributed by atoms with Gasteiger partial charge in [0.1, 0.15) is 11.6 Å². The summed E-state index contributed by atoms with van der Waals surface area (Å²) in [5.74, 6) is 0.328. The third-order valence-corrected chi connectivity index (χ3v) is 4.85. The number of pyridine rings is 1. The van der Waals surface area contributed by atoms with Crippen LogP contribution in [-0.2, 0) is 25.9 Å². The molecule has 2 aromatic heterocycles. The summed E-state index contributed by atoms with van der Waals surface area (Å²) in [5.41, 5.74) is 2.45. The molecule has 0 fully saturated rings. The predicted molar refractivity (Wildman–Crippen MR) is 101 cm³/mol. The van der Waals surface area contributed by atoms with Crippen molar-refractivity contribution >= 4 is 5.91 Å².